The minimum absolute atomic E-state index is 0.0721. The number of hydrogen-bond donors (Lipinski definition) is 2. The standard InChI is InChI=1S/C11H23N3O/c1-3-4-6-13-11(15)14-7-5-10(12)8-9(14)2/h9-10H,3-8,12H2,1-2H3,(H,13,15). The summed E-state index contributed by atoms with van der Waals surface area (Å²) in [6.45, 7) is 5.76. The monoisotopic (exact) mass is 213 g/mol. The zero-order chi connectivity index (χ0) is 11.3. The molecule has 0 bridgehead atoms. The van der Waals surface area contributed by atoms with Crippen LogP contribution in [0.2, 0.25) is 0 Å². The molecule has 1 rings (SSSR count). The van der Waals surface area contributed by atoms with E-state index in [4.69, 9.17) is 5.73 Å². The zero-order valence-corrected chi connectivity index (χ0v) is 9.83. The third-order valence-electron chi connectivity index (χ3n) is 2.98. The average Bonchev–Trinajstić information content (AvgIpc) is 2.17. The number of nitrogens with two attached hydrogens (primary N) is 1. The van der Waals surface area contributed by atoms with Crippen LogP contribution in [0.5, 0.6) is 0 Å². The molecule has 2 amide bonds. The van der Waals surface area contributed by atoms with Crippen molar-refractivity contribution in [1.82, 2.24) is 10.2 Å². The Balaban J connectivity index is 2.32. The van der Waals surface area contributed by atoms with Crippen molar-refractivity contribution in [2.24, 2.45) is 5.73 Å². The SMILES string of the molecule is CCCCNC(=O)N1CCC(N)CC1C. The van der Waals surface area contributed by atoms with Gasteiger partial charge in [-0.3, -0.25) is 0 Å². The van der Waals surface area contributed by atoms with E-state index in [0.29, 0.717) is 0 Å². The molecule has 0 aromatic rings. The molecule has 4 nitrogen and oxygen atoms in total. The molecule has 1 saturated heterocycles. The van der Waals surface area contributed by atoms with E-state index in [9.17, 15) is 4.79 Å². The number of nitrogens with zero attached hydrogens (tertiary/aromatic N) is 1. The topological polar surface area (TPSA) is 58.4 Å². The predicted octanol–water partition coefficient (Wildman–Crippen LogP) is 1.31. The molecule has 0 aliphatic carbocycles. The molecule has 2 unspecified atom stereocenters. The van der Waals surface area contributed by atoms with Gasteiger partial charge in [-0.15, -0.1) is 0 Å². The van der Waals surface area contributed by atoms with Gasteiger partial charge >= 0.3 is 6.03 Å². The van der Waals surface area contributed by atoms with Crippen LogP contribution in [0, 0.1) is 0 Å². The summed E-state index contributed by atoms with van der Waals surface area (Å²) >= 11 is 0. The van der Waals surface area contributed by atoms with Crippen molar-refractivity contribution in [3.05, 3.63) is 0 Å². The lowest BCUT2D eigenvalue weighted by Gasteiger charge is -2.36. The highest BCUT2D eigenvalue weighted by Crippen LogP contribution is 2.15. The molecular formula is C11H23N3O. The largest absolute Gasteiger partial charge is 0.338 e. The van der Waals surface area contributed by atoms with Crippen molar-refractivity contribution in [3.8, 4) is 0 Å². The molecule has 1 aliphatic rings. The van der Waals surface area contributed by atoms with Gasteiger partial charge in [-0.2, -0.15) is 0 Å². The van der Waals surface area contributed by atoms with Crippen LogP contribution in [0.3, 0.4) is 0 Å². The van der Waals surface area contributed by atoms with Crippen LogP contribution in [0.15, 0.2) is 0 Å². The number of nitrogens with one attached hydrogen (secondary N) is 1. The van der Waals surface area contributed by atoms with Gasteiger partial charge in [0.05, 0.1) is 0 Å². The summed E-state index contributed by atoms with van der Waals surface area (Å²) in [7, 11) is 0. The second-order valence-electron chi connectivity index (χ2n) is 4.41. The number of carbonyl (C=O) groups excluding carboxylic acids is 1. The van der Waals surface area contributed by atoms with Crippen LogP contribution in [-0.2, 0) is 0 Å². The first-order valence-corrected chi connectivity index (χ1v) is 5.95. The van der Waals surface area contributed by atoms with Gasteiger partial charge in [0, 0.05) is 25.2 Å². The normalized spacial score (nSPS) is 26.5. The third kappa shape index (κ3) is 3.70. The fourth-order valence-corrected chi connectivity index (χ4v) is 1.98. The summed E-state index contributed by atoms with van der Waals surface area (Å²) in [6.07, 6.45) is 4.00. The second-order valence-corrected chi connectivity index (χ2v) is 4.41. The van der Waals surface area contributed by atoms with E-state index in [1.165, 1.54) is 0 Å². The lowest BCUT2D eigenvalue weighted by atomic mass is 10.00. The van der Waals surface area contributed by atoms with E-state index in [1.54, 1.807) is 0 Å². The smallest absolute Gasteiger partial charge is 0.317 e. The van der Waals surface area contributed by atoms with Crippen LogP contribution < -0.4 is 11.1 Å². The molecule has 3 N–H and O–H groups in total. The Kier molecular flexibility index (Phi) is 4.88. The fraction of sp³-hybridized carbons (Fsp3) is 0.909. The summed E-state index contributed by atoms with van der Waals surface area (Å²) in [6, 6.07) is 0.609. The third-order valence-corrected chi connectivity index (χ3v) is 2.98. The van der Waals surface area contributed by atoms with Crippen molar-refractivity contribution < 1.29 is 4.79 Å². The number of amides is 2. The minimum Gasteiger partial charge on any atom is -0.338 e. The van der Waals surface area contributed by atoms with Crippen molar-refractivity contribution in [2.45, 2.75) is 51.6 Å². The molecule has 1 aliphatic heterocycles. The highest BCUT2D eigenvalue weighted by Gasteiger charge is 2.26. The van der Waals surface area contributed by atoms with Gasteiger partial charge in [0.1, 0.15) is 0 Å². The molecule has 0 aromatic heterocycles. The summed E-state index contributed by atoms with van der Waals surface area (Å²) in [5.41, 5.74) is 5.85. The molecule has 0 saturated carbocycles. The maximum Gasteiger partial charge on any atom is 0.317 e. The summed E-state index contributed by atoms with van der Waals surface area (Å²) in [5, 5.41) is 2.94. The van der Waals surface area contributed by atoms with Gasteiger partial charge in [0.15, 0.2) is 0 Å². The van der Waals surface area contributed by atoms with Crippen LogP contribution in [-0.4, -0.2) is 36.1 Å². The molecule has 1 heterocycles. The minimum atomic E-state index is 0.0721. The van der Waals surface area contributed by atoms with Crippen molar-refractivity contribution >= 4 is 6.03 Å². The van der Waals surface area contributed by atoms with Crippen LogP contribution >= 0.6 is 0 Å². The zero-order valence-electron chi connectivity index (χ0n) is 9.83. The molecule has 4 heteroatoms. The van der Waals surface area contributed by atoms with Gasteiger partial charge in [-0.05, 0) is 26.2 Å². The second kappa shape index (κ2) is 5.95. The Bertz CT molecular complexity index is 208. The van der Waals surface area contributed by atoms with Gasteiger partial charge in [-0.1, -0.05) is 13.3 Å². The van der Waals surface area contributed by atoms with E-state index in [0.717, 1.165) is 38.8 Å². The quantitative estimate of drug-likeness (QED) is 0.694. The van der Waals surface area contributed by atoms with Crippen molar-refractivity contribution in [3.63, 3.8) is 0 Å². The van der Waals surface area contributed by atoms with E-state index < -0.39 is 0 Å². The van der Waals surface area contributed by atoms with Crippen molar-refractivity contribution in [1.29, 1.82) is 0 Å². The van der Waals surface area contributed by atoms with Crippen LogP contribution in [0.4, 0.5) is 4.79 Å². The first kappa shape index (κ1) is 12.3. The van der Waals surface area contributed by atoms with E-state index >= 15 is 0 Å². The summed E-state index contributed by atoms with van der Waals surface area (Å²) in [5.74, 6) is 0. The van der Waals surface area contributed by atoms with E-state index in [1.807, 2.05) is 4.90 Å². The summed E-state index contributed by atoms with van der Waals surface area (Å²) < 4.78 is 0. The number of likely N-dealkylation sites (tertiary alicyclic amines) is 1. The molecule has 0 spiro atoms. The Morgan fingerprint density at radius 3 is 2.93 bits per heavy atom. The molecule has 1 fully saturated rings. The molecule has 15 heavy (non-hydrogen) atoms. The highest BCUT2D eigenvalue weighted by molar-refractivity contribution is 5.74. The first-order chi connectivity index (χ1) is 7.15. The van der Waals surface area contributed by atoms with Gasteiger partial charge < -0.3 is 16.0 Å². The van der Waals surface area contributed by atoms with Crippen LogP contribution in [0.25, 0.3) is 0 Å². The first-order valence-electron chi connectivity index (χ1n) is 5.95. The number of hydrogen-bond acceptors (Lipinski definition) is 2. The van der Waals surface area contributed by atoms with Crippen LogP contribution in [0.1, 0.15) is 39.5 Å². The Hall–Kier alpha value is -0.770. The number of urea groups is 1. The number of unbranched alkanes of at least 4 members (excludes halogenated alkanes) is 1. The van der Waals surface area contributed by atoms with Crippen molar-refractivity contribution in [2.75, 3.05) is 13.1 Å². The Morgan fingerprint density at radius 2 is 2.33 bits per heavy atom. The molecule has 88 valence electrons. The maximum absolute atomic E-state index is 11.8. The Morgan fingerprint density at radius 1 is 1.60 bits per heavy atom. The number of carbonyl (C=O) groups is 1. The van der Waals surface area contributed by atoms with E-state index in [2.05, 4.69) is 19.2 Å². The predicted molar refractivity (Wildman–Crippen MR) is 61.7 cm³/mol. The molecule has 0 radical (unpaired) electrons. The van der Waals surface area contributed by atoms with Gasteiger partial charge in [0.2, 0.25) is 0 Å². The average molecular weight is 213 g/mol. The maximum atomic E-state index is 11.8. The lowest BCUT2D eigenvalue weighted by molar-refractivity contribution is 0.151. The Labute approximate surface area is 92.2 Å². The van der Waals surface area contributed by atoms with E-state index in [-0.39, 0.29) is 18.1 Å². The molecular weight excluding hydrogens is 190 g/mol. The lowest BCUT2D eigenvalue weighted by Crippen LogP contribution is -2.51. The van der Waals surface area contributed by atoms with Gasteiger partial charge in [0.25, 0.3) is 0 Å². The number of rotatable bonds is 3. The number of piperidine rings is 1. The fourth-order valence-electron chi connectivity index (χ4n) is 1.98. The summed E-state index contributed by atoms with van der Waals surface area (Å²) in [4.78, 5) is 13.7. The molecule has 0 aromatic carbocycles. The van der Waals surface area contributed by atoms with Gasteiger partial charge in [-0.25, -0.2) is 4.79 Å². The molecule has 2 atom stereocenters. The highest BCUT2D eigenvalue weighted by atomic mass is 16.2.